The van der Waals surface area contributed by atoms with Gasteiger partial charge in [0.05, 0.1) is 17.0 Å². The molecule has 1 fully saturated rings. The summed E-state index contributed by atoms with van der Waals surface area (Å²) in [5.41, 5.74) is 5.72. The van der Waals surface area contributed by atoms with E-state index in [1.807, 2.05) is 6.92 Å². The Bertz CT molecular complexity index is 634. The predicted molar refractivity (Wildman–Crippen MR) is 75.3 cm³/mol. The van der Waals surface area contributed by atoms with Crippen LogP contribution < -0.4 is 11.1 Å². The fourth-order valence-corrected chi connectivity index (χ4v) is 2.77. The number of ether oxygens (including phenoxy) is 1. The Kier molecular flexibility index (Phi) is 3.75. The van der Waals surface area contributed by atoms with Crippen LogP contribution in [0.5, 0.6) is 0 Å². The Morgan fingerprint density at radius 1 is 1.40 bits per heavy atom. The fraction of sp³-hybridized carbons (Fsp3) is 0.462. The van der Waals surface area contributed by atoms with Crippen molar-refractivity contribution in [2.24, 2.45) is 0 Å². The van der Waals surface area contributed by atoms with Crippen LogP contribution in [0.1, 0.15) is 23.7 Å². The summed E-state index contributed by atoms with van der Waals surface area (Å²) in [6, 6.07) is 4.13. The van der Waals surface area contributed by atoms with Gasteiger partial charge in [0.15, 0.2) is 9.84 Å². The number of anilines is 1. The Balaban J connectivity index is 2.28. The standard InChI is InChI=1S/C13H18N2O4S/c1-13(3-4-19-8-13)15-12(16)9-5-10(14)7-11(6-9)20(2,17)18/h5-7H,3-4,8,14H2,1-2H3,(H,15,16). The van der Waals surface area contributed by atoms with Crippen molar-refractivity contribution < 1.29 is 17.9 Å². The number of hydrogen-bond donors (Lipinski definition) is 2. The SMILES string of the molecule is CC1(NC(=O)c2cc(N)cc(S(C)(=O)=O)c2)CCOC1. The van der Waals surface area contributed by atoms with Gasteiger partial charge in [-0.3, -0.25) is 4.79 Å². The molecule has 0 aromatic heterocycles. The summed E-state index contributed by atoms with van der Waals surface area (Å²) in [5, 5.41) is 2.86. The van der Waals surface area contributed by atoms with E-state index in [0.29, 0.717) is 13.2 Å². The molecule has 0 spiro atoms. The highest BCUT2D eigenvalue weighted by atomic mass is 32.2. The van der Waals surface area contributed by atoms with E-state index >= 15 is 0 Å². The van der Waals surface area contributed by atoms with E-state index in [0.717, 1.165) is 12.7 Å². The third-order valence-corrected chi connectivity index (χ3v) is 4.35. The zero-order valence-corrected chi connectivity index (χ0v) is 12.3. The lowest BCUT2D eigenvalue weighted by Gasteiger charge is -2.23. The van der Waals surface area contributed by atoms with Gasteiger partial charge in [-0.1, -0.05) is 0 Å². The van der Waals surface area contributed by atoms with Gasteiger partial charge in [-0.25, -0.2) is 8.42 Å². The highest BCUT2D eigenvalue weighted by Gasteiger charge is 2.31. The maximum absolute atomic E-state index is 12.2. The average Bonchev–Trinajstić information content (AvgIpc) is 2.73. The van der Waals surface area contributed by atoms with Crippen LogP contribution in [0.2, 0.25) is 0 Å². The molecule has 1 aliphatic rings. The summed E-state index contributed by atoms with van der Waals surface area (Å²) >= 11 is 0. The van der Waals surface area contributed by atoms with E-state index in [1.54, 1.807) is 0 Å². The number of rotatable bonds is 3. The number of carbonyl (C=O) groups is 1. The summed E-state index contributed by atoms with van der Waals surface area (Å²) in [7, 11) is -3.41. The van der Waals surface area contributed by atoms with Crippen molar-refractivity contribution in [3.05, 3.63) is 23.8 Å². The van der Waals surface area contributed by atoms with E-state index in [4.69, 9.17) is 10.5 Å². The van der Waals surface area contributed by atoms with E-state index in [9.17, 15) is 13.2 Å². The topological polar surface area (TPSA) is 98.5 Å². The van der Waals surface area contributed by atoms with Crippen molar-refractivity contribution >= 4 is 21.4 Å². The van der Waals surface area contributed by atoms with Gasteiger partial charge in [-0.15, -0.1) is 0 Å². The van der Waals surface area contributed by atoms with Gasteiger partial charge in [0.25, 0.3) is 5.91 Å². The number of nitrogens with one attached hydrogen (secondary N) is 1. The first kappa shape index (κ1) is 14.8. The Hall–Kier alpha value is -1.60. The molecule has 0 bridgehead atoms. The Morgan fingerprint density at radius 2 is 2.10 bits per heavy atom. The van der Waals surface area contributed by atoms with Crippen molar-refractivity contribution in [1.82, 2.24) is 5.32 Å². The van der Waals surface area contributed by atoms with Crippen molar-refractivity contribution in [3.63, 3.8) is 0 Å². The first-order valence-corrected chi connectivity index (χ1v) is 8.10. The third kappa shape index (κ3) is 3.29. The van der Waals surface area contributed by atoms with Crippen LogP contribution in [0.4, 0.5) is 5.69 Å². The van der Waals surface area contributed by atoms with Gasteiger partial charge in [0, 0.05) is 24.1 Å². The molecular formula is C13H18N2O4S. The number of benzene rings is 1. The number of carbonyl (C=O) groups excluding carboxylic acids is 1. The monoisotopic (exact) mass is 298 g/mol. The van der Waals surface area contributed by atoms with Crippen molar-refractivity contribution in [3.8, 4) is 0 Å². The van der Waals surface area contributed by atoms with Gasteiger partial charge in [0.2, 0.25) is 0 Å². The summed E-state index contributed by atoms with van der Waals surface area (Å²) in [6.45, 7) is 2.93. The van der Waals surface area contributed by atoms with E-state index in [1.165, 1.54) is 18.2 Å². The second-order valence-electron chi connectivity index (χ2n) is 5.38. The highest BCUT2D eigenvalue weighted by molar-refractivity contribution is 7.90. The van der Waals surface area contributed by atoms with Crippen molar-refractivity contribution in [2.75, 3.05) is 25.2 Å². The third-order valence-electron chi connectivity index (χ3n) is 3.25. The maximum Gasteiger partial charge on any atom is 0.251 e. The molecule has 3 N–H and O–H groups in total. The zero-order valence-electron chi connectivity index (χ0n) is 11.5. The first-order valence-electron chi connectivity index (χ1n) is 6.21. The largest absolute Gasteiger partial charge is 0.399 e. The van der Waals surface area contributed by atoms with Crippen LogP contribution in [-0.4, -0.2) is 39.3 Å². The van der Waals surface area contributed by atoms with Crippen LogP contribution in [0, 0.1) is 0 Å². The van der Waals surface area contributed by atoms with Crippen LogP contribution >= 0.6 is 0 Å². The predicted octanol–water partition coefficient (Wildman–Crippen LogP) is 0.581. The minimum atomic E-state index is -3.41. The minimum Gasteiger partial charge on any atom is -0.399 e. The smallest absolute Gasteiger partial charge is 0.251 e. The molecule has 6 nitrogen and oxygen atoms in total. The second-order valence-corrected chi connectivity index (χ2v) is 7.40. The Labute approximate surface area is 118 Å². The molecule has 0 aliphatic carbocycles. The van der Waals surface area contributed by atoms with Crippen LogP contribution in [0.15, 0.2) is 23.1 Å². The lowest BCUT2D eigenvalue weighted by atomic mass is 10.0. The van der Waals surface area contributed by atoms with Gasteiger partial charge in [0.1, 0.15) is 0 Å². The molecule has 1 atom stereocenters. The number of hydrogen-bond acceptors (Lipinski definition) is 5. The quantitative estimate of drug-likeness (QED) is 0.795. The molecule has 1 heterocycles. The average molecular weight is 298 g/mol. The van der Waals surface area contributed by atoms with Crippen molar-refractivity contribution in [1.29, 1.82) is 0 Å². The fourth-order valence-electron chi connectivity index (χ4n) is 2.08. The van der Waals surface area contributed by atoms with Crippen molar-refractivity contribution in [2.45, 2.75) is 23.8 Å². The molecule has 1 amide bonds. The van der Waals surface area contributed by atoms with Gasteiger partial charge in [-0.2, -0.15) is 0 Å². The molecule has 0 radical (unpaired) electrons. The summed E-state index contributed by atoms with van der Waals surface area (Å²) in [5.74, 6) is -0.352. The van der Waals surface area contributed by atoms with Crippen LogP contribution in [0.25, 0.3) is 0 Å². The maximum atomic E-state index is 12.2. The molecule has 110 valence electrons. The van der Waals surface area contributed by atoms with Gasteiger partial charge >= 0.3 is 0 Å². The second kappa shape index (κ2) is 5.06. The Morgan fingerprint density at radius 3 is 2.65 bits per heavy atom. The summed E-state index contributed by atoms with van der Waals surface area (Å²) < 4.78 is 28.4. The van der Waals surface area contributed by atoms with E-state index in [-0.39, 0.29) is 22.1 Å². The number of sulfone groups is 1. The highest BCUT2D eigenvalue weighted by Crippen LogP contribution is 2.20. The van der Waals surface area contributed by atoms with E-state index in [2.05, 4.69) is 5.32 Å². The molecule has 7 heteroatoms. The lowest BCUT2D eigenvalue weighted by Crippen LogP contribution is -2.46. The number of nitrogens with two attached hydrogens (primary N) is 1. The molecule has 1 aromatic carbocycles. The summed E-state index contributed by atoms with van der Waals surface area (Å²) in [6.07, 6.45) is 1.80. The zero-order chi connectivity index (χ0) is 15.0. The van der Waals surface area contributed by atoms with Crippen LogP contribution in [0.3, 0.4) is 0 Å². The molecular weight excluding hydrogens is 280 g/mol. The molecule has 0 saturated carbocycles. The molecule has 2 rings (SSSR count). The molecule has 1 aromatic rings. The normalized spacial score (nSPS) is 22.7. The molecule has 1 aliphatic heterocycles. The van der Waals surface area contributed by atoms with Gasteiger partial charge < -0.3 is 15.8 Å². The molecule has 1 unspecified atom stereocenters. The van der Waals surface area contributed by atoms with Crippen LogP contribution in [-0.2, 0) is 14.6 Å². The summed E-state index contributed by atoms with van der Waals surface area (Å²) in [4.78, 5) is 12.3. The molecule has 20 heavy (non-hydrogen) atoms. The number of nitrogen functional groups attached to an aromatic ring is 1. The van der Waals surface area contributed by atoms with E-state index < -0.39 is 15.4 Å². The minimum absolute atomic E-state index is 0.0375. The first-order chi connectivity index (χ1) is 9.20. The van der Waals surface area contributed by atoms with Gasteiger partial charge in [-0.05, 0) is 31.5 Å². The number of amides is 1. The molecule has 1 saturated heterocycles. The lowest BCUT2D eigenvalue weighted by molar-refractivity contribution is 0.0889.